The molecule has 0 aromatic carbocycles. The van der Waals surface area contributed by atoms with Gasteiger partial charge in [0, 0.05) is 31.5 Å². The highest BCUT2D eigenvalue weighted by atomic mass is 16.5. The second-order valence-corrected chi connectivity index (χ2v) is 6.45. The molecule has 2 fully saturated rings. The Labute approximate surface area is 126 Å². The van der Waals surface area contributed by atoms with Gasteiger partial charge in [-0.1, -0.05) is 26.7 Å². The minimum atomic E-state index is -0.781. The number of unbranched alkanes of at least 4 members (excludes halogenated alkanes) is 1. The Morgan fingerprint density at radius 2 is 2.19 bits per heavy atom. The maximum absolute atomic E-state index is 12.7. The first-order valence-electron chi connectivity index (χ1n) is 8.15. The highest BCUT2D eigenvalue weighted by Gasteiger charge is 2.55. The summed E-state index contributed by atoms with van der Waals surface area (Å²) in [5.74, 6) is -0.651. The van der Waals surface area contributed by atoms with Crippen LogP contribution in [0.2, 0.25) is 0 Å². The summed E-state index contributed by atoms with van der Waals surface area (Å²) >= 11 is 0. The lowest BCUT2D eigenvalue weighted by atomic mass is 9.74. The van der Waals surface area contributed by atoms with Gasteiger partial charge < -0.3 is 14.7 Å². The van der Waals surface area contributed by atoms with Gasteiger partial charge in [-0.2, -0.15) is 0 Å². The standard InChI is InChI=1S/C16H27NO4/c1-3-5-6-12(4-2)14(18)17-9-13-10-21-8-7-16(13,11-17)15(19)20/h12-13H,3-11H2,1-2H3,(H,19,20)/t12?,13-,16+/m0/s1. The van der Waals surface area contributed by atoms with E-state index in [0.717, 1.165) is 25.7 Å². The fraction of sp³-hybridized carbons (Fsp3) is 0.875. The van der Waals surface area contributed by atoms with Gasteiger partial charge in [0.05, 0.1) is 12.0 Å². The fourth-order valence-corrected chi connectivity index (χ4v) is 3.68. The van der Waals surface area contributed by atoms with Crippen molar-refractivity contribution in [2.24, 2.45) is 17.3 Å². The van der Waals surface area contributed by atoms with Gasteiger partial charge in [0.2, 0.25) is 5.91 Å². The molecule has 1 amide bonds. The van der Waals surface area contributed by atoms with Gasteiger partial charge in [0.25, 0.3) is 0 Å². The molecule has 2 rings (SSSR count). The number of aliphatic carboxylic acids is 1. The van der Waals surface area contributed by atoms with E-state index in [1.165, 1.54) is 0 Å². The summed E-state index contributed by atoms with van der Waals surface area (Å²) in [4.78, 5) is 26.2. The normalized spacial score (nSPS) is 30.0. The fourth-order valence-electron chi connectivity index (χ4n) is 3.68. The summed E-state index contributed by atoms with van der Waals surface area (Å²) in [7, 11) is 0. The highest BCUT2D eigenvalue weighted by Crippen LogP contribution is 2.43. The predicted octanol–water partition coefficient (Wildman–Crippen LogP) is 2.15. The zero-order valence-corrected chi connectivity index (χ0v) is 13.1. The van der Waals surface area contributed by atoms with E-state index in [-0.39, 0.29) is 17.7 Å². The molecule has 0 aromatic heterocycles. The van der Waals surface area contributed by atoms with E-state index in [4.69, 9.17) is 4.74 Å². The van der Waals surface area contributed by atoms with Crippen LogP contribution in [0, 0.1) is 17.3 Å². The zero-order chi connectivity index (χ0) is 15.5. The van der Waals surface area contributed by atoms with Crippen molar-refractivity contribution in [2.75, 3.05) is 26.3 Å². The van der Waals surface area contributed by atoms with Crippen LogP contribution >= 0.6 is 0 Å². The molecule has 21 heavy (non-hydrogen) atoms. The first-order valence-corrected chi connectivity index (χ1v) is 8.15. The molecule has 2 heterocycles. The number of carbonyl (C=O) groups excluding carboxylic acids is 1. The molecule has 2 aliphatic rings. The van der Waals surface area contributed by atoms with Gasteiger partial charge in [0.1, 0.15) is 0 Å². The minimum Gasteiger partial charge on any atom is -0.481 e. The van der Waals surface area contributed by atoms with Crippen molar-refractivity contribution in [3.8, 4) is 0 Å². The van der Waals surface area contributed by atoms with E-state index in [2.05, 4.69) is 6.92 Å². The van der Waals surface area contributed by atoms with Crippen LogP contribution in [-0.2, 0) is 14.3 Å². The Hall–Kier alpha value is -1.10. The number of nitrogens with zero attached hydrogens (tertiary/aromatic N) is 1. The second kappa shape index (κ2) is 6.77. The van der Waals surface area contributed by atoms with Crippen LogP contribution in [0.15, 0.2) is 0 Å². The molecular weight excluding hydrogens is 270 g/mol. The van der Waals surface area contributed by atoms with Gasteiger partial charge in [-0.05, 0) is 19.3 Å². The van der Waals surface area contributed by atoms with Crippen molar-refractivity contribution in [2.45, 2.75) is 46.0 Å². The average molecular weight is 297 g/mol. The van der Waals surface area contributed by atoms with Crippen molar-refractivity contribution in [3.05, 3.63) is 0 Å². The highest BCUT2D eigenvalue weighted by molar-refractivity contribution is 5.82. The Bertz CT molecular complexity index is 398. The molecule has 5 nitrogen and oxygen atoms in total. The number of hydrogen-bond acceptors (Lipinski definition) is 3. The number of fused-ring (bicyclic) bond motifs is 1. The summed E-state index contributed by atoms with van der Waals surface area (Å²) in [5, 5.41) is 9.64. The van der Waals surface area contributed by atoms with E-state index in [9.17, 15) is 14.7 Å². The van der Waals surface area contributed by atoms with Crippen LogP contribution in [0.25, 0.3) is 0 Å². The second-order valence-electron chi connectivity index (χ2n) is 6.45. The molecule has 1 N–H and O–H groups in total. The van der Waals surface area contributed by atoms with Crippen LogP contribution in [0.4, 0.5) is 0 Å². The van der Waals surface area contributed by atoms with Crippen LogP contribution in [0.5, 0.6) is 0 Å². The van der Waals surface area contributed by atoms with Gasteiger partial charge in [-0.25, -0.2) is 0 Å². The number of rotatable bonds is 6. The Kier molecular flexibility index (Phi) is 5.25. The Morgan fingerprint density at radius 1 is 1.43 bits per heavy atom. The maximum Gasteiger partial charge on any atom is 0.311 e. The van der Waals surface area contributed by atoms with Gasteiger partial charge in [-0.15, -0.1) is 0 Å². The molecular formula is C16H27NO4. The summed E-state index contributed by atoms with van der Waals surface area (Å²) in [6, 6.07) is 0. The van der Waals surface area contributed by atoms with E-state index in [1.54, 1.807) is 4.90 Å². The first kappa shape index (κ1) is 16.3. The number of carboxylic acids is 1. The molecule has 0 aliphatic carbocycles. The third kappa shape index (κ3) is 3.07. The maximum atomic E-state index is 12.7. The molecule has 3 atom stereocenters. The van der Waals surface area contributed by atoms with Crippen LogP contribution in [0.3, 0.4) is 0 Å². The topological polar surface area (TPSA) is 66.8 Å². The van der Waals surface area contributed by atoms with Gasteiger partial charge in [-0.3, -0.25) is 9.59 Å². The van der Waals surface area contributed by atoms with E-state index < -0.39 is 11.4 Å². The summed E-state index contributed by atoms with van der Waals surface area (Å²) in [5.41, 5.74) is -0.781. The minimum absolute atomic E-state index is 0.0388. The molecule has 2 saturated heterocycles. The number of carboxylic acid groups (broad SMARTS) is 1. The summed E-state index contributed by atoms with van der Waals surface area (Å²) < 4.78 is 5.44. The summed E-state index contributed by atoms with van der Waals surface area (Å²) in [6.45, 7) is 6.00. The Morgan fingerprint density at radius 3 is 2.76 bits per heavy atom. The SMILES string of the molecule is CCCCC(CC)C(=O)N1C[C@H]2COCC[C@@]2(C(=O)O)C1. The van der Waals surface area contributed by atoms with Gasteiger partial charge >= 0.3 is 5.97 Å². The van der Waals surface area contributed by atoms with E-state index in [0.29, 0.717) is 32.7 Å². The quantitative estimate of drug-likeness (QED) is 0.816. The molecule has 0 aromatic rings. The van der Waals surface area contributed by atoms with Crippen molar-refractivity contribution in [3.63, 3.8) is 0 Å². The van der Waals surface area contributed by atoms with E-state index >= 15 is 0 Å². The molecule has 1 unspecified atom stereocenters. The predicted molar refractivity (Wildman–Crippen MR) is 78.9 cm³/mol. The molecule has 0 radical (unpaired) electrons. The van der Waals surface area contributed by atoms with Crippen molar-refractivity contribution >= 4 is 11.9 Å². The smallest absolute Gasteiger partial charge is 0.311 e. The third-order valence-electron chi connectivity index (χ3n) is 5.19. The molecule has 5 heteroatoms. The number of ether oxygens (including phenoxy) is 1. The molecule has 2 aliphatic heterocycles. The zero-order valence-electron chi connectivity index (χ0n) is 13.1. The number of amides is 1. The molecule has 120 valence electrons. The van der Waals surface area contributed by atoms with Crippen LogP contribution in [-0.4, -0.2) is 48.2 Å². The lowest BCUT2D eigenvalue weighted by Gasteiger charge is -2.33. The average Bonchev–Trinajstić information content (AvgIpc) is 2.88. The van der Waals surface area contributed by atoms with E-state index in [1.807, 2.05) is 6.92 Å². The van der Waals surface area contributed by atoms with Crippen molar-refractivity contribution in [1.29, 1.82) is 0 Å². The van der Waals surface area contributed by atoms with Crippen LogP contribution in [0.1, 0.15) is 46.0 Å². The molecule has 0 spiro atoms. The number of carbonyl (C=O) groups is 2. The lowest BCUT2D eigenvalue weighted by molar-refractivity contribution is -0.157. The van der Waals surface area contributed by atoms with Crippen molar-refractivity contribution < 1.29 is 19.4 Å². The van der Waals surface area contributed by atoms with Gasteiger partial charge in [0.15, 0.2) is 0 Å². The number of likely N-dealkylation sites (tertiary alicyclic amines) is 1. The first-order chi connectivity index (χ1) is 10.0. The summed E-state index contributed by atoms with van der Waals surface area (Å²) in [6.07, 6.45) is 4.39. The monoisotopic (exact) mass is 297 g/mol. The lowest BCUT2D eigenvalue weighted by Crippen LogP contribution is -2.45. The molecule has 0 saturated carbocycles. The molecule has 0 bridgehead atoms. The largest absolute Gasteiger partial charge is 0.481 e. The van der Waals surface area contributed by atoms with Crippen LogP contribution < -0.4 is 0 Å². The third-order valence-corrected chi connectivity index (χ3v) is 5.19. The number of hydrogen-bond donors (Lipinski definition) is 1. The van der Waals surface area contributed by atoms with Crippen molar-refractivity contribution in [1.82, 2.24) is 4.90 Å². The Balaban J connectivity index is 2.08.